The summed E-state index contributed by atoms with van der Waals surface area (Å²) in [6.07, 6.45) is 4.62. The number of nitrogens with one attached hydrogen (secondary N) is 1. The van der Waals surface area contributed by atoms with Gasteiger partial charge in [0.25, 0.3) is 5.91 Å². The number of nitrogens with zero attached hydrogens (tertiary/aromatic N) is 3. The third-order valence-corrected chi connectivity index (χ3v) is 5.73. The number of hydrogen-bond donors (Lipinski definition) is 1. The minimum atomic E-state index is -0.166. The Morgan fingerprint density at radius 1 is 1.46 bits per heavy atom. The van der Waals surface area contributed by atoms with Gasteiger partial charge in [-0.2, -0.15) is 5.10 Å². The maximum atomic E-state index is 12.8. The van der Waals surface area contributed by atoms with Gasteiger partial charge in [0, 0.05) is 29.8 Å². The van der Waals surface area contributed by atoms with E-state index in [1.165, 1.54) is 0 Å². The second-order valence-electron chi connectivity index (χ2n) is 8.43. The maximum Gasteiger partial charge on any atom is 0.274 e. The highest BCUT2D eigenvalue weighted by atomic mass is 16.5. The van der Waals surface area contributed by atoms with Crippen LogP contribution in [0.3, 0.4) is 0 Å². The van der Waals surface area contributed by atoms with Crippen molar-refractivity contribution < 1.29 is 9.32 Å². The average molecular weight is 358 g/mol. The molecule has 0 unspecified atom stereocenters. The van der Waals surface area contributed by atoms with E-state index in [0.29, 0.717) is 11.6 Å². The van der Waals surface area contributed by atoms with Gasteiger partial charge in [0.15, 0.2) is 5.69 Å². The molecule has 0 spiro atoms. The van der Waals surface area contributed by atoms with E-state index in [1.54, 1.807) is 0 Å². The van der Waals surface area contributed by atoms with Gasteiger partial charge >= 0.3 is 0 Å². The van der Waals surface area contributed by atoms with Crippen LogP contribution in [0.25, 0.3) is 0 Å². The molecule has 142 valence electrons. The monoisotopic (exact) mass is 358 g/mol. The zero-order valence-electron chi connectivity index (χ0n) is 16.7. The molecule has 6 nitrogen and oxygen atoms in total. The van der Waals surface area contributed by atoms with Gasteiger partial charge in [-0.05, 0) is 44.9 Å². The quantitative estimate of drug-likeness (QED) is 0.901. The first-order chi connectivity index (χ1) is 12.2. The minimum absolute atomic E-state index is 0.128. The molecule has 1 amide bonds. The van der Waals surface area contributed by atoms with Gasteiger partial charge in [-0.1, -0.05) is 25.9 Å². The van der Waals surface area contributed by atoms with Crippen molar-refractivity contribution in [3.63, 3.8) is 0 Å². The summed E-state index contributed by atoms with van der Waals surface area (Å²) in [4.78, 5) is 12.8. The summed E-state index contributed by atoms with van der Waals surface area (Å²) in [6.45, 7) is 13.6. The SMILES string of the molecule is CCn1ncc([C@H](C)NC(=O)c2noc3c2C[C@H](C(C)(C)C)CC3)c1C. The number of hydrogen-bond acceptors (Lipinski definition) is 4. The summed E-state index contributed by atoms with van der Waals surface area (Å²) < 4.78 is 7.41. The molecule has 2 heterocycles. The highest BCUT2D eigenvalue weighted by Gasteiger charge is 2.34. The van der Waals surface area contributed by atoms with E-state index >= 15 is 0 Å². The summed E-state index contributed by atoms with van der Waals surface area (Å²) in [5.41, 5.74) is 3.76. The lowest BCUT2D eigenvalue weighted by molar-refractivity contribution is 0.0929. The van der Waals surface area contributed by atoms with Crippen LogP contribution >= 0.6 is 0 Å². The Hall–Kier alpha value is -2.11. The molecule has 1 N–H and O–H groups in total. The molecule has 1 aliphatic carbocycles. The molecule has 0 radical (unpaired) electrons. The first kappa shape index (κ1) is 18.7. The Balaban J connectivity index is 1.77. The minimum Gasteiger partial charge on any atom is -0.360 e. The fourth-order valence-electron chi connectivity index (χ4n) is 3.87. The lowest BCUT2D eigenvalue weighted by atomic mass is 9.71. The van der Waals surface area contributed by atoms with Crippen molar-refractivity contribution in [3.05, 3.63) is 34.5 Å². The normalized spacial score (nSPS) is 18.5. The zero-order valence-corrected chi connectivity index (χ0v) is 16.7. The fourth-order valence-corrected chi connectivity index (χ4v) is 3.87. The largest absolute Gasteiger partial charge is 0.360 e. The lowest BCUT2D eigenvalue weighted by Gasteiger charge is -2.33. The Morgan fingerprint density at radius 3 is 2.81 bits per heavy atom. The summed E-state index contributed by atoms with van der Waals surface area (Å²) >= 11 is 0. The molecule has 0 aliphatic heterocycles. The Labute approximate surface area is 155 Å². The van der Waals surface area contributed by atoms with Crippen molar-refractivity contribution in [1.29, 1.82) is 0 Å². The highest BCUT2D eigenvalue weighted by molar-refractivity contribution is 5.94. The van der Waals surface area contributed by atoms with Crippen LogP contribution in [0.15, 0.2) is 10.7 Å². The van der Waals surface area contributed by atoms with E-state index in [2.05, 4.69) is 43.3 Å². The van der Waals surface area contributed by atoms with Crippen LogP contribution in [-0.2, 0) is 19.4 Å². The van der Waals surface area contributed by atoms with E-state index in [9.17, 15) is 4.79 Å². The van der Waals surface area contributed by atoms with Crippen LogP contribution in [-0.4, -0.2) is 20.8 Å². The van der Waals surface area contributed by atoms with Crippen LogP contribution in [0, 0.1) is 18.3 Å². The Bertz CT molecular complexity index is 797. The average Bonchev–Trinajstić information content (AvgIpc) is 3.16. The molecular formula is C20H30N4O2. The number of aryl methyl sites for hydroxylation is 2. The van der Waals surface area contributed by atoms with E-state index in [1.807, 2.05) is 24.7 Å². The Kier molecular flexibility index (Phi) is 4.95. The summed E-state index contributed by atoms with van der Waals surface area (Å²) in [5, 5.41) is 11.5. The highest BCUT2D eigenvalue weighted by Crippen LogP contribution is 2.38. The number of amides is 1. The smallest absolute Gasteiger partial charge is 0.274 e. The molecule has 1 aliphatic rings. The van der Waals surface area contributed by atoms with Crippen LogP contribution in [0.5, 0.6) is 0 Å². The topological polar surface area (TPSA) is 73.0 Å². The van der Waals surface area contributed by atoms with Gasteiger partial charge in [-0.3, -0.25) is 9.48 Å². The number of aromatic nitrogens is 3. The van der Waals surface area contributed by atoms with E-state index < -0.39 is 0 Å². The second kappa shape index (κ2) is 6.89. The molecule has 0 fully saturated rings. The van der Waals surface area contributed by atoms with Crippen molar-refractivity contribution in [1.82, 2.24) is 20.3 Å². The molecule has 0 aromatic carbocycles. The molecule has 0 saturated heterocycles. The molecule has 2 atom stereocenters. The maximum absolute atomic E-state index is 12.8. The van der Waals surface area contributed by atoms with Crippen molar-refractivity contribution >= 4 is 5.91 Å². The molecule has 26 heavy (non-hydrogen) atoms. The predicted molar refractivity (Wildman–Crippen MR) is 100.0 cm³/mol. The van der Waals surface area contributed by atoms with Crippen LogP contribution < -0.4 is 5.32 Å². The third kappa shape index (κ3) is 3.41. The van der Waals surface area contributed by atoms with Crippen molar-refractivity contribution in [2.45, 2.75) is 73.4 Å². The third-order valence-electron chi connectivity index (χ3n) is 5.73. The van der Waals surface area contributed by atoms with Crippen LogP contribution in [0.1, 0.15) is 80.2 Å². The first-order valence-electron chi connectivity index (χ1n) is 9.53. The number of rotatable bonds is 4. The fraction of sp³-hybridized carbons (Fsp3) is 0.650. The summed E-state index contributed by atoms with van der Waals surface area (Å²) in [6, 6.07) is -0.128. The number of carbonyl (C=O) groups is 1. The molecule has 2 aromatic heterocycles. The molecule has 6 heteroatoms. The van der Waals surface area contributed by atoms with E-state index in [0.717, 1.165) is 48.4 Å². The number of carbonyl (C=O) groups excluding carboxylic acids is 1. The van der Waals surface area contributed by atoms with Gasteiger partial charge in [-0.25, -0.2) is 0 Å². The molecule has 0 bridgehead atoms. The van der Waals surface area contributed by atoms with E-state index in [4.69, 9.17) is 4.52 Å². The van der Waals surface area contributed by atoms with Crippen molar-refractivity contribution in [2.24, 2.45) is 11.3 Å². The van der Waals surface area contributed by atoms with Crippen molar-refractivity contribution in [3.8, 4) is 0 Å². The zero-order chi connectivity index (χ0) is 19.1. The van der Waals surface area contributed by atoms with Crippen LogP contribution in [0.2, 0.25) is 0 Å². The second-order valence-corrected chi connectivity index (χ2v) is 8.43. The van der Waals surface area contributed by atoms with Gasteiger partial charge in [0.1, 0.15) is 5.76 Å². The predicted octanol–water partition coefficient (Wildman–Crippen LogP) is 3.84. The first-order valence-corrected chi connectivity index (χ1v) is 9.53. The van der Waals surface area contributed by atoms with Gasteiger partial charge in [0.05, 0.1) is 12.2 Å². The molecular weight excluding hydrogens is 328 g/mol. The van der Waals surface area contributed by atoms with Crippen LogP contribution in [0.4, 0.5) is 0 Å². The Morgan fingerprint density at radius 2 is 2.19 bits per heavy atom. The van der Waals surface area contributed by atoms with Crippen molar-refractivity contribution in [2.75, 3.05) is 0 Å². The van der Waals surface area contributed by atoms with Gasteiger partial charge in [0.2, 0.25) is 0 Å². The summed E-state index contributed by atoms with van der Waals surface area (Å²) in [7, 11) is 0. The van der Waals surface area contributed by atoms with Gasteiger partial charge in [-0.15, -0.1) is 0 Å². The van der Waals surface area contributed by atoms with E-state index in [-0.39, 0.29) is 17.4 Å². The lowest BCUT2D eigenvalue weighted by Crippen LogP contribution is -2.30. The molecule has 0 saturated carbocycles. The molecule has 2 aromatic rings. The summed E-state index contributed by atoms with van der Waals surface area (Å²) in [5.74, 6) is 1.24. The van der Waals surface area contributed by atoms with Gasteiger partial charge < -0.3 is 9.84 Å². The standard InChI is InChI=1S/C20H30N4O2/c1-7-24-13(3)16(11-21-24)12(2)22-19(25)18-15-10-14(20(4,5)6)8-9-17(15)26-23-18/h11-12,14H,7-10H2,1-6H3,(H,22,25)/t12-,14+/m0/s1. The number of fused-ring (bicyclic) bond motifs is 1. The molecule has 3 rings (SSSR count).